The molecule has 4 aromatic rings. The molecule has 0 aliphatic carbocycles. The number of amides is 1. The Hall–Kier alpha value is -3.18. The highest BCUT2D eigenvalue weighted by atomic mass is 79.9. The normalized spacial score (nSPS) is 14.8. The summed E-state index contributed by atoms with van der Waals surface area (Å²) >= 11 is 15.9. The Bertz CT molecular complexity index is 1560. The summed E-state index contributed by atoms with van der Waals surface area (Å²) in [6.45, 7) is 2.36. The van der Waals surface area contributed by atoms with Crippen molar-refractivity contribution in [1.29, 1.82) is 5.26 Å². The van der Waals surface area contributed by atoms with Gasteiger partial charge in [0.15, 0.2) is 0 Å². The van der Waals surface area contributed by atoms with Gasteiger partial charge in [-0.2, -0.15) is 5.26 Å². The van der Waals surface area contributed by atoms with Crippen molar-refractivity contribution in [1.82, 2.24) is 4.90 Å². The molecule has 0 unspecified atom stereocenters. The van der Waals surface area contributed by atoms with Crippen LogP contribution in [-0.4, -0.2) is 30.5 Å². The van der Waals surface area contributed by atoms with Crippen molar-refractivity contribution in [3.63, 3.8) is 0 Å². The third-order valence-electron chi connectivity index (χ3n) is 7.38. The van der Waals surface area contributed by atoms with Crippen molar-refractivity contribution in [3.05, 3.63) is 122 Å². The molecule has 5 rings (SSSR count). The molecule has 5 nitrogen and oxygen atoms in total. The van der Waals surface area contributed by atoms with E-state index in [1.165, 1.54) is 5.56 Å². The highest BCUT2D eigenvalue weighted by Crippen LogP contribution is 2.38. The summed E-state index contributed by atoms with van der Waals surface area (Å²) in [5.74, 6) is -0.275. The fourth-order valence-corrected chi connectivity index (χ4v) is 6.15. The summed E-state index contributed by atoms with van der Waals surface area (Å²) in [7, 11) is 0. The Morgan fingerprint density at radius 1 is 0.927 bits per heavy atom. The van der Waals surface area contributed by atoms with E-state index >= 15 is 0 Å². The number of hydrogen-bond acceptors (Lipinski definition) is 4. The average molecular weight is 649 g/mol. The average Bonchev–Trinajstić information content (AvgIpc) is 2.98. The van der Waals surface area contributed by atoms with Crippen LogP contribution in [0.4, 0.5) is 5.69 Å². The topological polar surface area (TPSA) is 65.4 Å². The number of nitrogens with one attached hydrogen (secondary N) is 1. The fraction of sp³-hybridized carbons (Fsp3) is 0.212. The highest BCUT2D eigenvalue weighted by molar-refractivity contribution is 9.10. The maximum atomic E-state index is 12.9. The molecule has 1 saturated heterocycles. The SMILES string of the molecule is N#Cc1cccc(-c2ccc(C3(OCC(=O)Nc4cc(Cl)cc(Cl)c4)CCN(Cc4ccccc4Br)CC3)cc2)c1. The quantitative estimate of drug-likeness (QED) is 0.208. The van der Waals surface area contributed by atoms with E-state index in [9.17, 15) is 10.1 Å². The first kappa shape index (κ1) is 29.3. The number of piperidine rings is 1. The van der Waals surface area contributed by atoms with Gasteiger partial charge in [0.1, 0.15) is 6.61 Å². The van der Waals surface area contributed by atoms with Gasteiger partial charge in [-0.1, -0.05) is 93.7 Å². The molecule has 1 aliphatic heterocycles. The lowest BCUT2D eigenvalue weighted by Crippen LogP contribution is -2.45. The molecule has 1 amide bonds. The summed E-state index contributed by atoms with van der Waals surface area (Å²) in [4.78, 5) is 15.3. The van der Waals surface area contributed by atoms with Crippen LogP contribution >= 0.6 is 39.1 Å². The molecular formula is C33H28BrCl2N3O2. The van der Waals surface area contributed by atoms with E-state index in [1.807, 2.05) is 24.3 Å². The molecule has 4 aromatic carbocycles. The van der Waals surface area contributed by atoms with Crippen LogP contribution in [0.2, 0.25) is 10.0 Å². The number of rotatable bonds is 8. The summed E-state index contributed by atoms with van der Waals surface area (Å²) in [5, 5.41) is 13.0. The van der Waals surface area contributed by atoms with Crippen molar-refractivity contribution in [3.8, 4) is 17.2 Å². The zero-order valence-electron chi connectivity index (χ0n) is 22.2. The Morgan fingerprint density at radius 2 is 1.63 bits per heavy atom. The number of halogens is 3. The second-order valence-corrected chi connectivity index (χ2v) is 11.9. The van der Waals surface area contributed by atoms with Gasteiger partial charge in [-0.15, -0.1) is 0 Å². The number of benzene rings is 4. The predicted octanol–water partition coefficient (Wildman–Crippen LogP) is 8.44. The van der Waals surface area contributed by atoms with Gasteiger partial charge in [0.2, 0.25) is 5.91 Å². The molecule has 0 bridgehead atoms. The van der Waals surface area contributed by atoms with Crippen molar-refractivity contribution in [2.24, 2.45) is 0 Å². The molecule has 0 saturated carbocycles. The molecule has 0 aromatic heterocycles. The van der Waals surface area contributed by atoms with Gasteiger partial charge >= 0.3 is 0 Å². The molecule has 0 spiro atoms. The van der Waals surface area contributed by atoms with E-state index in [4.69, 9.17) is 27.9 Å². The minimum absolute atomic E-state index is 0.111. The van der Waals surface area contributed by atoms with Gasteiger partial charge in [0, 0.05) is 39.8 Å². The van der Waals surface area contributed by atoms with Crippen molar-refractivity contribution in [2.45, 2.75) is 25.0 Å². The Balaban J connectivity index is 1.34. The smallest absolute Gasteiger partial charge is 0.250 e. The number of carbonyl (C=O) groups is 1. The van der Waals surface area contributed by atoms with Gasteiger partial charge in [-0.3, -0.25) is 9.69 Å². The van der Waals surface area contributed by atoms with E-state index in [1.54, 1.807) is 24.3 Å². The zero-order chi connectivity index (χ0) is 28.8. The van der Waals surface area contributed by atoms with Gasteiger partial charge in [0.25, 0.3) is 0 Å². The van der Waals surface area contributed by atoms with Crippen LogP contribution in [0.5, 0.6) is 0 Å². The molecule has 8 heteroatoms. The molecule has 1 fully saturated rings. The second kappa shape index (κ2) is 13.2. The Morgan fingerprint density at radius 3 is 2.32 bits per heavy atom. The van der Waals surface area contributed by atoms with Crippen LogP contribution in [0.3, 0.4) is 0 Å². The number of nitriles is 1. The van der Waals surface area contributed by atoms with Crippen LogP contribution in [0, 0.1) is 11.3 Å². The Kier molecular flexibility index (Phi) is 9.44. The number of hydrogen-bond donors (Lipinski definition) is 1. The third kappa shape index (κ3) is 7.37. The van der Waals surface area contributed by atoms with E-state index in [0.29, 0.717) is 21.3 Å². The predicted molar refractivity (Wildman–Crippen MR) is 168 cm³/mol. The molecule has 208 valence electrons. The van der Waals surface area contributed by atoms with E-state index < -0.39 is 5.60 Å². The number of carbonyl (C=O) groups excluding carboxylic acids is 1. The first-order chi connectivity index (χ1) is 19.8. The standard InChI is InChI=1S/C33H28BrCl2N3O2/c34-31-7-2-1-5-26(31)21-39-14-12-33(13-15-39,41-22-32(40)38-30-18-28(35)17-29(36)19-30)27-10-8-24(9-11-27)25-6-3-4-23(16-25)20-37/h1-11,16-19H,12-15,21-22H2,(H,38,40). The highest BCUT2D eigenvalue weighted by Gasteiger charge is 2.38. The van der Waals surface area contributed by atoms with E-state index in [0.717, 1.165) is 53.6 Å². The van der Waals surface area contributed by atoms with Crippen molar-refractivity contribution in [2.75, 3.05) is 25.0 Å². The summed E-state index contributed by atoms with van der Waals surface area (Å²) in [5.41, 5.74) is 4.78. The van der Waals surface area contributed by atoms with Gasteiger partial charge in [-0.25, -0.2) is 0 Å². The number of ether oxygens (including phenoxy) is 1. The first-order valence-corrected chi connectivity index (χ1v) is 14.9. The van der Waals surface area contributed by atoms with Crippen LogP contribution in [0.25, 0.3) is 11.1 Å². The van der Waals surface area contributed by atoms with Gasteiger partial charge < -0.3 is 10.1 Å². The molecule has 41 heavy (non-hydrogen) atoms. The second-order valence-electron chi connectivity index (χ2n) is 10.1. The minimum atomic E-state index is -0.624. The number of likely N-dealkylation sites (tertiary alicyclic amines) is 1. The van der Waals surface area contributed by atoms with Crippen LogP contribution < -0.4 is 5.32 Å². The zero-order valence-corrected chi connectivity index (χ0v) is 25.3. The van der Waals surface area contributed by atoms with E-state index in [-0.39, 0.29) is 12.5 Å². The summed E-state index contributed by atoms with van der Waals surface area (Å²) in [6.07, 6.45) is 1.47. The number of nitrogens with zero attached hydrogens (tertiary/aromatic N) is 2. The lowest BCUT2D eigenvalue weighted by atomic mass is 9.83. The third-order valence-corrected chi connectivity index (χ3v) is 8.59. The molecule has 0 atom stereocenters. The fourth-order valence-electron chi connectivity index (χ4n) is 5.22. The van der Waals surface area contributed by atoms with Crippen molar-refractivity contribution < 1.29 is 9.53 Å². The van der Waals surface area contributed by atoms with Crippen molar-refractivity contribution >= 4 is 50.7 Å². The van der Waals surface area contributed by atoms with Crippen LogP contribution in [0.15, 0.2) is 95.5 Å². The number of anilines is 1. The van der Waals surface area contributed by atoms with Gasteiger partial charge in [-0.05, 0) is 71.5 Å². The van der Waals surface area contributed by atoms with Gasteiger partial charge in [0.05, 0.1) is 17.2 Å². The Labute approximate surface area is 258 Å². The molecule has 0 radical (unpaired) electrons. The van der Waals surface area contributed by atoms with Crippen LogP contribution in [-0.2, 0) is 21.7 Å². The molecule has 1 heterocycles. The minimum Gasteiger partial charge on any atom is -0.360 e. The molecular weight excluding hydrogens is 621 g/mol. The lowest BCUT2D eigenvalue weighted by molar-refractivity contribution is -0.135. The molecule has 1 N–H and O–H groups in total. The summed E-state index contributed by atoms with van der Waals surface area (Å²) in [6, 6.07) is 31.2. The van der Waals surface area contributed by atoms with E-state index in [2.05, 4.69) is 74.7 Å². The largest absolute Gasteiger partial charge is 0.360 e. The monoisotopic (exact) mass is 647 g/mol. The maximum Gasteiger partial charge on any atom is 0.250 e. The lowest BCUT2D eigenvalue weighted by Gasteiger charge is -2.42. The summed E-state index contributed by atoms with van der Waals surface area (Å²) < 4.78 is 7.60. The first-order valence-electron chi connectivity index (χ1n) is 13.3. The molecule has 1 aliphatic rings. The van der Waals surface area contributed by atoms with Crippen LogP contribution in [0.1, 0.15) is 29.5 Å². The maximum absolute atomic E-state index is 12.9.